The molecule has 1 fully saturated rings. The summed E-state index contributed by atoms with van der Waals surface area (Å²) in [6, 6.07) is 9.34. The third-order valence-electron chi connectivity index (χ3n) is 4.47. The Labute approximate surface area is 153 Å². The van der Waals surface area contributed by atoms with Crippen molar-refractivity contribution in [1.82, 2.24) is 14.9 Å². The van der Waals surface area contributed by atoms with Gasteiger partial charge in [0.25, 0.3) is 0 Å². The summed E-state index contributed by atoms with van der Waals surface area (Å²) < 4.78 is 11.0. The molecule has 1 aliphatic rings. The Morgan fingerprint density at radius 3 is 2.77 bits per heavy atom. The van der Waals surface area contributed by atoms with E-state index >= 15 is 0 Å². The van der Waals surface area contributed by atoms with E-state index in [-0.39, 0.29) is 11.9 Å². The van der Waals surface area contributed by atoms with Gasteiger partial charge in [-0.25, -0.2) is 9.97 Å². The van der Waals surface area contributed by atoms with Gasteiger partial charge >= 0.3 is 0 Å². The zero-order valence-corrected chi connectivity index (χ0v) is 15.4. The maximum Gasteiger partial charge on any atom is 0.224 e. The molecular formula is C19H24N4O3. The maximum absolute atomic E-state index is 12.0. The lowest BCUT2D eigenvalue weighted by molar-refractivity contribution is -0.133. The molecule has 1 saturated heterocycles. The number of amides is 1. The van der Waals surface area contributed by atoms with Crippen LogP contribution < -0.4 is 14.4 Å². The number of anilines is 1. The number of rotatable bonds is 5. The summed E-state index contributed by atoms with van der Waals surface area (Å²) in [6.07, 6.45) is 2.04. The molecule has 26 heavy (non-hydrogen) atoms. The van der Waals surface area contributed by atoms with Crippen molar-refractivity contribution in [2.45, 2.75) is 26.3 Å². The highest BCUT2D eigenvalue weighted by atomic mass is 16.5. The molecule has 138 valence electrons. The van der Waals surface area contributed by atoms with Crippen LogP contribution in [-0.4, -0.2) is 53.6 Å². The monoisotopic (exact) mass is 356 g/mol. The van der Waals surface area contributed by atoms with Gasteiger partial charge in [-0.05, 0) is 19.1 Å². The van der Waals surface area contributed by atoms with Crippen LogP contribution in [0.4, 0.5) is 5.82 Å². The van der Waals surface area contributed by atoms with Gasteiger partial charge in [-0.1, -0.05) is 13.0 Å². The molecule has 2 heterocycles. The largest absolute Gasteiger partial charge is 0.497 e. The van der Waals surface area contributed by atoms with E-state index in [0.717, 1.165) is 24.7 Å². The molecule has 2 aromatic rings. The zero-order chi connectivity index (χ0) is 18.5. The molecular weight excluding hydrogens is 332 g/mol. The summed E-state index contributed by atoms with van der Waals surface area (Å²) in [7, 11) is 1.62. The molecule has 0 radical (unpaired) electrons. The molecule has 0 N–H and O–H groups in total. The number of carbonyl (C=O) groups is 1. The third-order valence-corrected chi connectivity index (χ3v) is 4.47. The number of ether oxygens (including phenoxy) is 2. The number of methoxy groups -OCH3 is 1. The summed E-state index contributed by atoms with van der Waals surface area (Å²) in [6.45, 7) is 6.14. The fourth-order valence-corrected chi connectivity index (χ4v) is 3.08. The van der Waals surface area contributed by atoms with E-state index in [9.17, 15) is 4.79 Å². The van der Waals surface area contributed by atoms with Gasteiger partial charge < -0.3 is 19.3 Å². The van der Waals surface area contributed by atoms with E-state index < -0.39 is 0 Å². The summed E-state index contributed by atoms with van der Waals surface area (Å²) in [5.74, 6) is 2.85. The van der Waals surface area contributed by atoms with E-state index in [1.807, 2.05) is 36.1 Å². The van der Waals surface area contributed by atoms with Crippen molar-refractivity contribution in [3.63, 3.8) is 0 Å². The molecule has 3 rings (SSSR count). The second-order valence-corrected chi connectivity index (χ2v) is 6.23. The molecule has 1 aromatic carbocycles. The van der Waals surface area contributed by atoms with Gasteiger partial charge in [0.15, 0.2) is 0 Å². The second-order valence-electron chi connectivity index (χ2n) is 6.23. The Morgan fingerprint density at radius 2 is 2.04 bits per heavy atom. The molecule has 0 spiro atoms. The van der Waals surface area contributed by atoms with Gasteiger partial charge in [0.2, 0.25) is 11.8 Å². The second kappa shape index (κ2) is 8.03. The minimum Gasteiger partial charge on any atom is -0.497 e. The molecule has 0 aliphatic carbocycles. The van der Waals surface area contributed by atoms with Crippen molar-refractivity contribution < 1.29 is 14.3 Å². The molecule has 1 atom stereocenters. The van der Waals surface area contributed by atoms with Gasteiger partial charge in [0.05, 0.1) is 7.11 Å². The lowest BCUT2D eigenvalue weighted by atomic mass is 10.1. The van der Waals surface area contributed by atoms with Crippen LogP contribution in [0.1, 0.15) is 20.3 Å². The van der Waals surface area contributed by atoms with E-state index in [0.29, 0.717) is 24.6 Å². The van der Waals surface area contributed by atoms with Crippen molar-refractivity contribution in [2.75, 3.05) is 31.6 Å². The van der Waals surface area contributed by atoms with Crippen molar-refractivity contribution in [2.24, 2.45) is 0 Å². The van der Waals surface area contributed by atoms with Crippen LogP contribution in [0.25, 0.3) is 0 Å². The van der Waals surface area contributed by atoms with Crippen LogP contribution in [0.5, 0.6) is 17.4 Å². The standard InChI is InChI=1S/C19H24N4O3/c1-4-19(24)23-9-8-22(12-14(23)2)17-11-18(21-13-20-17)26-16-7-5-6-15(10-16)25-3/h5-7,10-11,13-14H,4,8-9,12H2,1-3H3/t14-/m1/s1. The number of carbonyl (C=O) groups excluding carboxylic acids is 1. The summed E-state index contributed by atoms with van der Waals surface area (Å²) >= 11 is 0. The molecule has 1 amide bonds. The summed E-state index contributed by atoms with van der Waals surface area (Å²) in [4.78, 5) is 24.6. The summed E-state index contributed by atoms with van der Waals surface area (Å²) in [5.41, 5.74) is 0. The topological polar surface area (TPSA) is 67.8 Å². The van der Waals surface area contributed by atoms with E-state index in [4.69, 9.17) is 9.47 Å². The highest BCUT2D eigenvalue weighted by molar-refractivity contribution is 5.76. The molecule has 0 bridgehead atoms. The molecule has 7 nitrogen and oxygen atoms in total. The van der Waals surface area contributed by atoms with Crippen LogP contribution in [-0.2, 0) is 4.79 Å². The van der Waals surface area contributed by atoms with Crippen molar-refractivity contribution >= 4 is 11.7 Å². The predicted octanol–water partition coefficient (Wildman–Crippen LogP) is 2.72. The molecule has 1 aliphatic heterocycles. The average Bonchev–Trinajstić information content (AvgIpc) is 2.67. The van der Waals surface area contributed by atoms with Crippen molar-refractivity contribution in [3.05, 3.63) is 36.7 Å². The molecule has 0 saturated carbocycles. The minimum absolute atomic E-state index is 0.147. The first-order valence-corrected chi connectivity index (χ1v) is 8.79. The van der Waals surface area contributed by atoms with E-state index in [1.54, 1.807) is 13.2 Å². The molecule has 1 aromatic heterocycles. The Hall–Kier alpha value is -2.83. The van der Waals surface area contributed by atoms with Crippen LogP contribution in [0, 0.1) is 0 Å². The molecule has 0 unspecified atom stereocenters. The smallest absolute Gasteiger partial charge is 0.224 e. The lowest BCUT2D eigenvalue weighted by Gasteiger charge is -2.40. The highest BCUT2D eigenvalue weighted by Gasteiger charge is 2.27. The van der Waals surface area contributed by atoms with Crippen LogP contribution >= 0.6 is 0 Å². The number of benzene rings is 1. The van der Waals surface area contributed by atoms with Crippen molar-refractivity contribution in [3.8, 4) is 17.4 Å². The predicted molar refractivity (Wildman–Crippen MR) is 98.8 cm³/mol. The fraction of sp³-hybridized carbons (Fsp3) is 0.421. The number of hydrogen-bond acceptors (Lipinski definition) is 6. The van der Waals surface area contributed by atoms with Gasteiger partial charge in [0.1, 0.15) is 23.6 Å². The van der Waals surface area contributed by atoms with Gasteiger partial charge in [-0.15, -0.1) is 0 Å². The highest BCUT2D eigenvalue weighted by Crippen LogP contribution is 2.26. The fourth-order valence-electron chi connectivity index (χ4n) is 3.08. The SMILES string of the molecule is CCC(=O)N1CCN(c2cc(Oc3cccc(OC)c3)ncn2)C[C@H]1C. The van der Waals surface area contributed by atoms with Crippen LogP contribution in [0.15, 0.2) is 36.7 Å². The third kappa shape index (κ3) is 4.04. The lowest BCUT2D eigenvalue weighted by Crippen LogP contribution is -2.54. The number of piperazine rings is 1. The van der Waals surface area contributed by atoms with Crippen LogP contribution in [0.3, 0.4) is 0 Å². The number of hydrogen-bond donors (Lipinski definition) is 0. The van der Waals surface area contributed by atoms with E-state index in [2.05, 4.69) is 21.8 Å². The number of aromatic nitrogens is 2. The normalized spacial score (nSPS) is 17.1. The molecule has 7 heteroatoms. The quantitative estimate of drug-likeness (QED) is 0.821. The van der Waals surface area contributed by atoms with Crippen molar-refractivity contribution in [1.29, 1.82) is 0 Å². The maximum atomic E-state index is 12.0. The first-order chi connectivity index (χ1) is 12.6. The Kier molecular flexibility index (Phi) is 5.55. The average molecular weight is 356 g/mol. The van der Waals surface area contributed by atoms with Gasteiger partial charge in [-0.3, -0.25) is 4.79 Å². The first kappa shape index (κ1) is 18.0. The Balaban J connectivity index is 1.70. The Bertz CT molecular complexity index is 768. The Morgan fingerprint density at radius 1 is 1.23 bits per heavy atom. The van der Waals surface area contributed by atoms with Crippen LogP contribution in [0.2, 0.25) is 0 Å². The first-order valence-electron chi connectivity index (χ1n) is 8.79. The minimum atomic E-state index is 0.147. The summed E-state index contributed by atoms with van der Waals surface area (Å²) in [5, 5.41) is 0. The van der Waals surface area contributed by atoms with Gasteiger partial charge in [0, 0.05) is 44.2 Å². The zero-order valence-electron chi connectivity index (χ0n) is 15.4. The number of nitrogens with zero attached hydrogens (tertiary/aromatic N) is 4. The van der Waals surface area contributed by atoms with E-state index in [1.165, 1.54) is 6.33 Å². The van der Waals surface area contributed by atoms with Gasteiger partial charge in [-0.2, -0.15) is 0 Å².